The molecule has 2 fully saturated rings. The minimum Gasteiger partial charge on any atom is -0.487 e. The van der Waals surface area contributed by atoms with Crippen LogP contribution in [0.2, 0.25) is 0 Å². The van der Waals surface area contributed by atoms with Crippen LogP contribution in [-0.4, -0.2) is 64.4 Å². The van der Waals surface area contributed by atoms with Gasteiger partial charge in [-0.15, -0.1) is 0 Å². The van der Waals surface area contributed by atoms with Gasteiger partial charge in [-0.2, -0.15) is 0 Å². The number of rotatable bonds is 6. The van der Waals surface area contributed by atoms with Crippen LogP contribution in [0.1, 0.15) is 44.2 Å². The van der Waals surface area contributed by atoms with Crippen molar-refractivity contribution in [3.8, 4) is 5.75 Å². The normalized spacial score (nSPS) is 23.7. The van der Waals surface area contributed by atoms with Gasteiger partial charge in [0.1, 0.15) is 16.6 Å². The van der Waals surface area contributed by atoms with Crippen LogP contribution in [0.25, 0.3) is 0 Å². The molecule has 0 radical (unpaired) electrons. The Morgan fingerprint density at radius 3 is 2.68 bits per heavy atom. The molecule has 3 amide bonds. The van der Waals surface area contributed by atoms with Gasteiger partial charge in [-0.05, 0) is 51.3 Å². The monoisotopic (exact) mass is 445 g/mol. The van der Waals surface area contributed by atoms with Gasteiger partial charge in [-0.3, -0.25) is 24.2 Å². The Morgan fingerprint density at radius 1 is 1.26 bits per heavy atom. The van der Waals surface area contributed by atoms with Gasteiger partial charge >= 0.3 is 0 Å². The molecule has 1 aromatic carbocycles. The Labute approximate surface area is 187 Å². The minimum absolute atomic E-state index is 0.0634. The average Bonchev–Trinajstić information content (AvgIpc) is 3.17. The number of carbonyl (C=O) groups excluding carboxylic acids is 3. The lowest BCUT2D eigenvalue weighted by Gasteiger charge is -2.32. The van der Waals surface area contributed by atoms with Gasteiger partial charge in [0.05, 0.1) is 0 Å². The summed E-state index contributed by atoms with van der Waals surface area (Å²) < 4.78 is 6.20. The molecule has 1 N–H and O–H groups in total. The fraction of sp³-hybridized carbons (Fsp3) is 0.609. The summed E-state index contributed by atoms with van der Waals surface area (Å²) >= 11 is 0.941. The lowest BCUT2D eigenvalue weighted by Crippen LogP contribution is -2.39. The topological polar surface area (TPSA) is 79.0 Å². The Hall–Kier alpha value is -2.06. The van der Waals surface area contributed by atoms with Gasteiger partial charge in [-0.25, -0.2) is 0 Å². The summed E-state index contributed by atoms with van der Waals surface area (Å²) in [6, 6.07) is 6.45. The van der Waals surface area contributed by atoms with Crippen molar-refractivity contribution < 1.29 is 19.1 Å². The van der Waals surface area contributed by atoms with Crippen LogP contribution in [0, 0.1) is 5.92 Å². The van der Waals surface area contributed by atoms with Crippen molar-refractivity contribution in [2.24, 2.45) is 5.92 Å². The summed E-state index contributed by atoms with van der Waals surface area (Å²) in [5, 5.41) is 2.10. The van der Waals surface area contributed by atoms with E-state index in [1.165, 1.54) is 18.2 Å². The molecule has 0 aliphatic carbocycles. The third kappa shape index (κ3) is 5.06. The van der Waals surface area contributed by atoms with Gasteiger partial charge in [-0.1, -0.05) is 30.0 Å². The van der Waals surface area contributed by atoms with Gasteiger partial charge in [0, 0.05) is 38.5 Å². The maximum atomic E-state index is 12.2. The highest BCUT2D eigenvalue weighted by Gasteiger charge is 2.38. The Kier molecular flexibility index (Phi) is 6.30. The first-order valence-corrected chi connectivity index (χ1v) is 11.9. The Balaban J connectivity index is 1.21. The molecule has 1 atom stereocenters. The van der Waals surface area contributed by atoms with Crippen LogP contribution in [0.5, 0.6) is 5.75 Å². The zero-order chi connectivity index (χ0) is 22.2. The highest BCUT2D eigenvalue weighted by atomic mass is 32.2. The second-order valence-corrected chi connectivity index (χ2v) is 10.6. The number of carbonyl (C=O) groups is 3. The second-order valence-electron chi connectivity index (χ2n) is 9.44. The molecule has 3 aliphatic rings. The number of thioether (sulfide) groups is 1. The standard InChI is InChI=1S/C23H31N3O4S/c1-23(2)12-16-5-4-6-17(20(16)30-23)14-26-9-7-15(8-10-26)13-24-19(27)11-18-21(28)25(3)22(29)31-18/h4-6,15,18H,7-14H2,1-3H3,(H,24,27). The zero-order valence-corrected chi connectivity index (χ0v) is 19.3. The Morgan fingerprint density at radius 2 is 2.00 bits per heavy atom. The van der Waals surface area contributed by atoms with Crippen molar-refractivity contribution in [2.45, 2.75) is 56.9 Å². The number of piperidine rings is 1. The molecule has 168 valence electrons. The number of hydrogen-bond acceptors (Lipinski definition) is 6. The summed E-state index contributed by atoms with van der Waals surface area (Å²) in [5.41, 5.74) is 2.42. The van der Waals surface area contributed by atoms with Crippen molar-refractivity contribution in [1.82, 2.24) is 15.1 Å². The van der Waals surface area contributed by atoms with E-state index in [-0.39, 0.29) is 29.1 Å². The summed E-state index contributed by atoms with van der Waals surface area (Å²) in [6.45, 7) is 7.76. The largest absolute Gasteiger partial charge is 0.487 e. The highest BCUT2D eigenvalue weighted by Crippen LogP contribution is 2.38. The first kappa shape index (κ1) is 22.1. The predicted molar refractivity (Wildman–Crippen MR) is 120 cm³/mol. The van der Waals surface area contributed by atoms with Crippen LogP contribution in [-0.2, 0) is 22.6 Å². The molecular weight excluding hydrogens is 414 g/mol. The van der Waals surface area contributed by atoms with E-state index in [9.17, 15) is 14.4 Å². The zero-order valence-electron chi connectivity index (χ0n) is 18.5. The van der Waals surface area contributed by atoms with Crippen molar-refractivity contribution in [3.63, 3.8) is 0 Å². The van der Waals surface area contributed by atoms with Crippen LogP contribution in [0.15, 0.2) is 18.2 Å². The van der Waals surface area contributed by atoms with E-state index in [1.807, 2.05) is 0 Å². The summed E-state index contributed by atoms with van der Waals surface area (Å²) in [6.07, 6.45) is 3.07. The van der Waals surface area contributed by atoms with Crippen LogP contribution in [0.4, 0.5) is 4.79 Å². The molecule has 2 saturated heterocycles. The molecule has 0 aromatic heterocycles. The molecule has 7 nitrogen and oxygen atoms in total. The van der Waals surface area contributed by atoms with E-state index >= 15 is 0 Å². The van der Waals surface area contributed by atoms with E-state index in [4.69, 9.17) is 4.74 Å². The summed E-state index contributed by atoms with van der Waals surface area (Å²) in [7, 11) is 1.46. The van der Waals surface area contributed by atoms with E-state index in [0.29, 0.717) is 12.5 Å². The predicted octanol–water partition coefficient (Wildman–Crippen LogP) is 2.81. The highest BCUT2D eigenvalue weighted by molar-refractivity contribution is 8.15. The number of benzene rings is 1. The number of likely N-dealkylation sites (tertiary alicyclic amines) is 1. The van der Waals surface area contributed by atoms with Crippen LogP contribution >= 0.6 is 11.8 Å². The third-order valence-corrected chi connectivity index (χ3v) is 7.48. The Bertz CT molecular complexity index is 880. The average molecular weight is 446 g/mol. The number of para-hydroxylation sites is 1. The molecular formula is C23H31N3O4S. The van der Waals surface area contributed by atoms with Crippen LogP contribution in [0.3, 0.4) is 0 Å². The molecule has 1 aromatic rings. The molecule has 1 unspecified atom stereocenters. The fourth-order valence-electron chi connectivity index (χ4n) is 4.58. The first-order chi connectivity index (χ1) is 14.7. The first-order valence-electron chi connectivity index (χ1n) is 11.0. The summed E-state index contributed by atoms with van der Waals surface area (Å²) in [5.74, 6) is 1.06. The van der Waals surface area contributed by atoms with Crippen molar-refractivity contribution in [1.29, 1.82) is 0 Å². The van der Waals surface area contributed by atoms with E-state index in [1.54, 1.807) is 0 Å². The molecule has 8 heteroatoms. The lowest BCUT2D eigenvalue weighted by molar-refractivity contribution is -0.129. The number of fused-ring (bicyclic) bond motifs is 1. The maximum Gasteiger partial charge on any atom is 0.288 e. The van der Waals surface area contributed by atoms with Gasteiger partial charge in [0.15, 0.2) is 0 Å². The van der Waals surface area contributed by atoms with Crippen molar-refractivity contribution >= 4 is 28.8 Å². The molecule has 0 saturated carbocycles. The molecule has 3 aliphatic heterocycles. The van der Waals surface area contributed by atoms with Crippen molar-refractivity contribution in [3.05, 3.63) is 29.3 Å². The van der Waals surface area contributed by atoms with E-state index in [2.05, 4.69) is 42.3 Å². The van der Waals surface area contributed by atoms with E-state index in [0.717, 1.165) is 61.3 Å². The maximum absolute atomic E-state index is 12.2. The number of nitrogens with one attached hydrogen (secondary N) is 1. The molecule has 31 heavy (non-hydrogen) atoms. The van der Waals surface area contributed by atoms with Gasteiger partial charge < -0.3 is 10.1 Å². The van der Waals surface area contributed by atoms with Gasteiger partial charge in [0.2, 0.25) is 11.8 Å². The summed E-state index contributed by atoms with van der Waals surface area (Å²) in [4.78, 5) is 39.3. The smallest absolute Gasteiger partial charge is 0.288 e. The quantitative estimate of drug-likeness (QED) is 0.726. The molecule has 0 spiro atoms. The number of nitrogens with zero attached hydrogens (tertiary/aromatic N) is 2. The number of hydrogen-bond donors (Lipinski definition) is 1. The number of ether oxygens (including phenoxy) is 1. The van der Waals surface area contributed by atoms with Crippen LogP contribution < -0.4 is 10.1 Å². The second kappa shape index (κ2) is 8.82. The molecule has 0 bridgehead atoms. The fourth-order valence-corrected chi connectivity index (χ4v) is 5.56. The van der Waals surface area contributed by atoms with Crippen molar-refractivity contribution in [2.75, 3.05) is 26.7 Å². The third-order valence-electron chi connectivity index (χ3n) is 6.36. The number of amides is 3. The lowest BCUT2D eigenvalue weighted by atomic mass is 9.96. The molecule has 3 heterocycles. The number of imide groups is 1. The van der Waals surface area contributed by atoms with Gasteiger partial charge in [0.25, 0.3) is 5.24 Å². The molecule has 4 rings (SSSR count). The minimum atomic E-state index is -0.584. The SMILES string of the molecule is CN1C(=O)SC(CC(=O)NCC2CCN(Cc3cccc4c3OC(C)(C)C4)CC2)C1=O. The van der Waals surface area contributed by atoms with E-state index < -0.39 is 5.25 Å².